The second-order valence-corrected chi connectivity index (χ2v) is 3.96. The number of hydrogen-bond donors (Lipinski definition) is 1. The van der Waals surface area contributed by atoms with Gasteiger partial charge in [0.15, 0.2) is 0 Å². The molecule has 0 aliphatic carbocycles. The first-order valence-electron chi connectivity index (χ1n) is 5.42. The van der Waals surface area contributed by atoms with Gasteiger partial charge in [-0.3, -0.25) is 10.1 Å². The van der Waals surface area contributed by atoms with Crippen LogP contribution in [0.15, 0.2) is 0 Å². The van der Waals surface area contributed by atoms with Crippen LogP contribution in [0.25, 0.3) is 0 Å². The fourth-order valence-electron chi connectivity index (χ4n) is 1.43. The average Bonchev–Trinajstić information content (AvgIpc) is 2.27. The number of anilines is 1. The van der Waals surface area contributed by atoms with Crippen LogP contribution in [0.3, 0.4) is 0 Å². The zero-order valence-corrected chi connectivity index (χ0v) is 10.7. The first-order chi connectivity index (χ1) is 8.56. The molecule has 0 aliphatic rings. The highest BCUT2D eigenvalue weighted by Gasteiger charge is 2.21. The maximum atomic E-state index is 10.9. The van der Waals surface area contributed by atoms with Gasteiger partial charge in [-0.05, 0) is 31.4 Å². The molecule has 96 valence electrons. The lowest BCUT2D eigenvalue weighted by Crippen LogP contribution is -2.08. The Hall–Kier alpha value is -1.87. The quantitative estimate of drug-likeness (QED) is 0.282. The molecule has 1 aromatic rings. The van der Waals surface area contributed by atoms with Crippen LogP contribution < -0.4 is 5.32 Å². The molecule has 0 atom stereocenters. The van der Waals surface area contributed by atoms with Crippen LogP contribution in [0.1, 0.15) is 25.0 Å². The SMILES string of the molecule is C#CCCCCNc1nc(Cl)nc(C)c1[N+](=O)[O-]. The molecule has 0 radical (unpaired) electrons. The summed E-state index contributed by atoms with van der Waals surface area (Å²) in [6.45, 7) is 2.07. The molecule has 18 heavy (non-hydrogen) atoms. The standard InChI is InChI=1S/C11H13ClN4O2/c1-3-4-5-6-7-13-10-9(16(17)18)8(2)14-11(12)15-10/h1H,4-7H2,2H3,(H,13,14,15). The number of nitrogens with one attached hydrogen (secondary N) is 1. The summed E-state index contributed by atoms with van der Waals surface area (Å²) in [4.78, 5) is 18.0. The van der Waals surface area contributed by atoms with Crippen molar-refractivity contribution in [1.82, 2.24) is 9.97 Å². The van der Waals surface area contributed by atoms with Gasteiger partial charge < -0.3 is 5.32 Å². The summed E-state index contributed by atoms with van der Waals surface area (Å²) in [6, 6.07) is 0. The van der Waals surface area contributed by atoms with E-state index in [1.165, 1.54) is 6.92 Å². The lowest BCUT2D eigenvalue weighted by Gasteiger charge is -2.07. The molecule has 6 nitrogen and oxygen atoms in total. The summed E-state index contributed by atoms with van der Waals surface area (Å²) >= 11 is 5.68. The molecule has 7 heteroatoms. The number of aryl methyl sites for hydroxylation is 1. The van der Waals surface area contributed by atoms with Crippen molar-refractivity contribution in [1.29, 1.82) is 0 Å². The molecule has 0 saturated heterocycles. The summed E-state index contributed by atoms with van der Waals surface area (Å²) in [6.07, 6.45) is 7.48. The Kier molecular flexibility index (Phi) is 5.33. The summed E-state index contributed by atoms with van der Waals surface area (Å²) in [5.41, 5.74) is 0.0995. The van der Waals surface area contributed by atoms with Crippen molar-refractivity contribution < 1.29 is 4.92 Å². The third-order valence-electron chi connectivity index (χ3n) is 2.25. The second-order valence-electron chi connectivity index (χ2n) is 3.62. The van der Waals surface area contributed by atoms with Gasteiger partial charge in [-0.1, -0.05) is 0 Å². The number of terminal acetylenes is 1. The molecule has 1 aromatic heterocycles. The van der Waals surface area contributed by atoms with Crippen molar-refractivity contribution in [3.8, 4) is 12.3 Å². The van der Waals surface area contributed by atoms with E-state index in [0.717, 1.165) is 12.8 Å². The number of rotatable bonds is 6. The zero-order chi connectivity index (χ0) is 13.5. The fraction of sp³-hybridized carbons (Fsp3) is 0.455. The number of halogens is 1. The minimum Gasteiger partial charge on any atom is -0.364 e. The highest BCUT2D eigenvalue weighted by molar-refractivity contribution is 6.28. The topological polar surface area (TPSA) is 81.0 Å². The molecule has 0 saturated carbocycles. The molecule has 0 fully saturated rings. The number of aromatic nitrogens is 2. The predicted octanol–water partition coefficient (Wildman–Crippen LogP) is 2.56. The Balaban J connectivity index is 2.75. The van der Waals surface area contributed by atoms with Gasteiger partial charge >= 0.3 is 5.69 Å². The maximum Gasteiger partial charge on any atom is 0.332 e. The minimum absolute atomic E-state index is 0.00998. The lowest BCUT2D eigenvalue weighted by molar-refractivity contribution is -0.385. The van der Waals surface area contributed by atoms with Gasteiger partial charge in [0.2, 0.25) is 11.1 Å². The van der Waals surface area contributed by atoms with E-state index >= 15 is 0 Å². The van der Waals surface area contributed by atoms with Crippen molar-refractivity contribution in [2.45, 2.75) is 26.2 Å². The van der Waals surface area contributed by atoms with Crippen LogP contribution in [0.2, 0.25) is 5.28 Å². The molecule has 0 aromatic carbocycles. The molecule has 0 unspecified atom stereocenters. The maximum absolute atomic E-state index is 10.9. The zero-order valence-electron chi connectivity index (χ0n) is 9.94. The minimum atomic E-state index is -0.518. The van der Waals surface area contributed by atoms with Crippen molar-refractivity contribution in [2.24, 2.45) is 0 Å². The highest BCUT2D eigenvalue weighted by atomic mass is 35.5. The molecule has 1 rings (SSSR count). The predicted molar refractivity (Wildman–Crippen MR) is 69.6 cm³/mol. The van der Waals surface area contributed by atoms with E-state index in [1.807, 2.05) is 0 Å². The summed E-state index contributed by atoms with van der Waals surface area (Å²) in [5.74, 6) is 2.68. The Morgan fingerprint density at radius 3 is 2.83 bits per heavy atom. The van der Waals surface area contributed by atoms with Crippen LogP contribution in [0.4, 0.5) is 11.5 Å². The molecule has 0 amide bonds. The summed E-state index contributed by atoms with van der Waals surface area (Å²) in [7, 11) is 0. The van der Waals surface area contributed by atoms with Gasteiger partial charge in [0.05, 0.1) is 4.92 Å². The number of hydrogen-bond acceptors (Lipinski definition) is 5. The number of unbranched alkanes of at least 4 members (excludes halogenated alkanes) is 2. The van der Waals surface area contributed by atoms with E-state index in [9.17, 15) is 10.1 Å². The third kappa shape index (κ3) is 3.86. The number of nitro groups is 1. The largest absolute Gasteiger partial charge is 0.364 e. The second kappa shape index (κ2) is 6.77. The van der Waals surface area contributed by atoms with Crippen molar-refractivity contribution >= 4 is 23.1 Å². The molecular formula is C11H13ClN4O2. The summed E-state index contributed by atoms with van der Waals surface area (Å²) < 4.78 is 0. The van der Waals surface area contributed by atoms with Gasteiger partial charge in [0.1, 0.15) is 5.69 Å². The van der Waals surface area contributed by atoms with Crippen LogP contribution in [-0.4, -0.2) is 21.4 Å². The normalized spacial score (nSPS) is 9.83. The lowest BCUT2D eigenvalue weighted by atomic mass is 10.2. The van der Waals surface area contributed by atoms with Crippen molar-refractivity contribution in [3.63, 3.8) is 0 Å². The van der Waals surface area contributed by atoms with Gasteiger partial charge in [-0.15, -0.1) is 12.3 Å². The monoisotopic (exact) mass is 268 g/mol. The van der Waals surface area contributed by atoms with E-state index < -0.39 is 4.92 Å². The molecular weight excluding hydrogens is 256 g/mol. The van der Waals surface area contributed by atoms with Gasteiger partial charge in [-0.2, -0.15) is 4.98 Å². The van der Waals surface area contributed by atoms with E-state index in [1.54, 1.807) is 0 Å². The van der Waals surface area contributed by atoms with Crippen LogP contribution in [0, 0.1) is 29.4 Å². The Morgan fingerprint density at radius 2 is 2.22 bits per heavy atom. The Bertz CT molecular complexity index is 485. The number of nitrogens with zero attached hydrogens (tertiary/aromatic N) is 3. The molecule has 1 N–H and O–H groups in total. The summed E-state index contributed by atoms with van der Waals surface area (Å²) in [5, 5.41) is 13.8. The van der Waals surface area contributed by atoms with Crippen LogP contribution >= 0.6 is 11.6 Å². The van der Waals surface area contributed by atoms with Crippen molar-refractivity contribution in [2.75, 3.05) is 11.9 Å². The molecule has 0 aliphatic heterocycles. The average molecular weight is 269 g/mol. The van der Waals surface area contributed by atoms with E-state index in [0.29, 0.717) is 13.0 Å². The van der Waals surface area contributed by atoms with E-state index in [-0.39, 0.29) is 22.5 Å². The highest BCUT2D eigenvalue weighted by Crippen LogP contribution is 2.26. The van der Waals surface area contributed by atoms with Gasteiger partial charge in [0, 0.05) is 13.0 Å². The smallest absolute Gasteiger partial charge is 0.332 e. The molecule has 1 heterocycles. The van der Waals surface area contributed by atoms with Gasteiger partial charge in [-0.25, -0.2) is 4.98 Å². The Morgan fingerprint density at radius 1 is 1.50 bits per heavy atom. The first-order valence-corrected chi connectivity index (χ1v) is 5.80. The Labute approximate surface area is 110 Å². The first kappa shape index (κ1) is 14.2. The van der Waals surface area contributed by atoms with E-state index in [2.05, 4.69) is 21.2 Å². The van der Waals surface area contributed by atoms with Crippen molar-refractivity contribution in [3.05, 3.63) is 21.1 Å². The van der Waals surface area contributed by atoms with Crippen LogP contribution in [-0.2, 0) is 0 Å². The fourth-order valence-corrected chi connectivity index (χ4v) is 1.64. The molecule has 0 spiro atoms. The van der Waals surface area contributed by atoms with E-state index in [4.69, 9.17) is 18.0 Å². The van der Waals surface area contributed by atoms with Crippen LogP contribution in [0.5, 0.6) is 0 Å². The molecule has 0 bridgehead atoms. The third-order valence-corrected chi connectivity index (χ3v) is 2.42. The van der Waals surface area contributed by atoms with Gasteiger partial charge in [0.25, 0.3) is 0 Å².